The maximum Gasteiger partial charge on any atom is 0.158 e. The average molecular weight is 294 g/mol. The minimum atomic E-state index is 0.238. The highest BCUT2D eigenvalue weighted by molar-refractivity contribution is 5.94. The minimum Gasteiger partial charge on any atom is -0.295 e. The third-order valence-corrected chi connectivity index (χ3v) is 4.63. The van der Waals surface area contributed by atoms with Crippen LogP contribution in [-0.2, 0) is 4.79 Å². The van der Waals surface area contributed by atoms with E-state index >= 15 is 0 Å². The monoisotopic (exact) mass is 294 g/mol. The smallest absolute Gasteiger partial charge is 0.158 e. The zero-order valence-corrected chi connectivity index (χ0v) is 13.6. The number of carbonyl (C=O) groups is 1. The number of hydrogen-bond donors (Lipinski definition) is 0. The number of benzene rings is 1. The molecule has 1 nitrogen and oxygen atoms in total. The molecule has 0 amide bonds. The Morgan fingerprint density at radius 2 is 1.82 bits per heavy atom. The van der Waals surface area contributed by atoms with E-state index in [-0.39, 0.29) is 5.78 Å². The van der Waals surface area contributed by atoms with Crippen LogP contribution in [0.25, 0.3) is 6.08 Å². The molecular weight excluding hydrogens is 268 g/mol. The van der Waals surface area contributed by atoms with Gasteiger partial charge in [-0.15, -0.1) is 0 Å². The van der Waals surface area contributed by atoms with Gasteiger partial charge in [-0.3, -0.25) is 4.79 Å². The molecule has 116 valence electrons. The van der Waals surface area contributed by atoms with Crippen molar-refractivity contribution in [2.75, 3.05) is 0 Å². The van der Waals surface area contributed by atoms with Gasteiger partial charge in [0.1, 0.15) is 0 Å². The van der Waals surface area contributed by atoms with Crippen LogP contribution >= 0.6 is 0 Å². The topological polar surface area (TPSA) is 17.1 Å². The van der Waals surface area contributed by atoms with Gasteiger partial charge < -0.3 is 0 Å². The normalized spacial score (nSPS) is 21.7. The van der Waals surface area contributed by atoms with Gasteiger partial charge in [-0.05, 0) is 61.1 Å². The van der Waals surface area contributed by atoms with Crippen molar-refractivity contribution < 1.29 is 4.79 Å². The fourth-order valence-electron chi connectivity index (χ4n) is 3.19. The van der Waals surface area contributed by atoms with E-state index in [9.17, 15) is 4.79 Å². The molecule has 1 aliphatic carbocycles. The molecule has 0 atom stereocenters. The second kappa shape index (κ2) is 7.93. The highest BCUT2D eigenvalue weighted by Gasteiger charge is 2.24. The van der Waals surface area contributed by atoms with Crippen LogP contribution in [0.5, 0.6) is 0 Å². The molecule has 0 spiro atoms. The molecule has 0 radical (unpaired) electrons. The largest absolute Gasteiger partial charge is 0.295 e. The maximum atomic E-state index is 11.8. The molecule has 22 heavy (non-hydrogen) atoms. The maximum absolute atomic E-state index is 11.8. The van der Waals surface area contributed by atoms with Crippen LogP contribution < -0.4 is 0 Å². The minimum absolute atomic E-state index is 0.238. The Morgan fingerprint density at radius 1 is 1.18 bits per heavy atom. The summed E-state index contributed by atoms with van der Waals surface area (Å²) in [7, 11) is 0. The molecule has 0 aliphatic heterocycles. The molecule has 0 unspecified atom stereocenters. The highest BCUT2D eigenvalue weighted by Crippen LogP contribution is 2.37. The van der Waals surface area contributed by atoms with Gasteiger partial charge in [0.05, 0.1) is 0 Å². The second-order valence-corrected chi connectivity index (χ2v) is 6.39. The first-order chi connectivity index (χ1) is 10.6. The lowest BCUT2D eigenvalue weighted by atomic mass is 9.76. The van der Waals surface area contributed by atoms with Crippen molar-refractivity contribution in [1.82, 2.24) is 0 Å². The van der Waals surface area contributed by atoms with E-state index in [0.717, 1.165) is 12.8 Å². The van der Waals surface area contributed by atoms with Crippen LogP contribution in [-0.4, -0.2) is 5.78 Å². The molecule has 1 aromatic rings. The molecule has 1 saturated carbocycles. The summed E-state index contributed by atoms with van der Waals surface area (Å²) in [6.45, 7) is 9.26. The predicted molar refractivity (Wildman–Crippen MR) is 94.8 cm³/mol. The average Bonchev–Trinajstić information content (AvgIpc) is 2.54. The lowest BCUT2D eigenvalue weighted by Crippen LogP contribution is -2.16. The van der Waals surface area contributed by atoms with Gasteiger partial charge in [-0.25, -0.2) is 0 Å². The second-order valence-electron chi connectivity index (χ2n) is 6.39. The summed E-state index contributed by atoms with van der Waals surface area (Å²) in [5.74, 6) is 1.44. The zero-order chi connectivity index (χ0) is 15.9. The molecule has 0 saturated heterocycles. The lowest BCUT2D eigenvalue weighted by molar-refractivity contribution is -0.116. The quantitative estimate of drug-likeness (QED) is 0.486. The Hall–Kier alpha value is -1.89. The van der Waals surface area contributed by atoms with Gasteiger partial charge in [-0.2, -0.15) is 0 Å². The van der Waals surface area contributed by atoms with Crippen LogP contribution in [0.1, 0.15) is 56.1 Å². The SMILES string of the molecule is C=C/C=C/c1ccc(C2CCC(CC(=O)C(=C)C)CC2)cc1. The number of carbonyl (C=O) groups excluding carboxylic acids is 1. The molecular formula is C21H26O. The highest BCUT2D eigenvalue weighted by atomic mass is 16.1. The van der Waals surface area contributed by atoms with E-state index in [2.05, 4.69) is 43.5 Å². The molecule has 0 heterocycles. The van der Waals surface area contributed by atoms with Crippen molar-refractivity contribution in [2.45, 2.75) is 44.9 Å². The summed E-state index contributed by atoms with van der Waals surface area (Å²) in [6.07, 6.45) is 11.2. The van der Waals surface area contributed by atoms with E-state index in [0.29, 0.717) is 23.8 Å². The number of hydrogen-bond acceptors (Lipinski definition) is 1. The Kier molecular flexibility index (Phi) is 5.94. The Morgan fingerprint density at radius 3 is 2.36 bits per heavy atom. The van der Waals surface area contributed by atoms with Crippen LogP contribution in [0.15, 0.2) is 55.1 Å². The molecule has 1 aliphatic rings. The van der Waals surface area contributed by atoms with Crippen molar-refractivity contribution in [1.29, 1.82) is 0 Å². The molecule has 1 fully saturated rings. The first kappa shape index (κ1) is 16.5. The fraction of sp³-hybridized carbons (Fsp3) is 0.381. The van der Waals surface area contributed by atoms with E-state index in [1.165, 1.54) is 24.0 Å². The van der Waals surface area contributed by atoms with E-state index in [1.54, 1.807) is 6.08 Å². The first-order valence-electron chi connectivity index (χ1n) is 8.18. The van der Waals surface area contributed by atoms with Crippen LogP contribution in [0.4, 0.5) is 0 Å². The van der Waals surface area contributed by atoms with E-state index in [1.807, 2.05) is 13.0 Å². The Balaban J connectivity index is 1.88. The number of rotatable bonds is 6. The standard InChI is InChI=1S/C21H26O/c1-4-5-6-17-7-11-19(12-8-17)20-13-9-18(10-14-20)15-21(22)16(2)3/h4-8,11-12,18,20H,1-2,9-10,13-15H2,3H3/b6-5+. The van der Waals surface area contributed by atoms with Gasteiger partial charge in [0.25, 0.3) is 0 Å². The zero-order valence-electron chi connectivity index (χ0n) is 13.6. The molecule has 1 heteroatoms. The fourth-order valence-corrected chi connectivity index (χ4v) is 3.19. The first-order valence-corrected chi connectivity index (χ1v) is 8.18. The third kappa shape index (κ3) is 4.56. The van der Waals surface area contributed by atoms with Gasteiger partial charge >= 0.3 is 0 Å². The van der Waals surface area contributed by atoms with Gasteiger partial charge in [0.2, 0.25) is 0 Å². The van der Waals surface area contributed by atoms with Crippen molar-refractivity contribution in [3.8, 4) is 0 Å². The summed E-state index contributed by atoms with van der Waals surface area (Å²) in [5, 5.41) is 0. The van der Waals surface area contributed by atoms with Crippen molar-refractivity contribution in [3.05, 3.63) is 66.3 Å². The summed E-state index contributed by atoms with van der Waals surface area (Å²) in [6, 6.07) is 8.83. The molecule has 0 bridgehead atoms. The van der Waals surface area contributed by atoms with E-state index < -0.39 is 0 Å². The third-order valence-electron chi connectivity index (χ3n) is 4.63. The van der Waals surface area contributed by atoms with E-state index in [4.69, 9.17) is 0 Å². The molecule has 1 aromatic carbocycles. The summed E-state index contributed by atoms with van der Waals surface area (Å²) in [5.41, 5.74) is 3.34. The van der Waals surface area contributed by atoms with Crippen molar-refractivity contribution in [2.24, 2.45) is 5.92 Å². The summed E-state index contributed by atoms with van der Waals surface area (Å²) >= 11 is 0. The van der Waals surface area contributed by atoms with Crippen LogP contribution in [0.3, 0.4) is 0 Å². The number of allylic oxidation sites excluding steroid dienone is 3. The van der Waals surface area contributed by atoms with Crippen LogP contribution in [0.2, 0.25) is 0 Å². The Labute approximate surface area is 134 Å². The predicted octanol–water partition coefficient (Wildman–Crippen LogP) is 5.69. The van der Waals surface area contributed by atoms with Gasteiger partial charge in [0.15, 0.2) is 5.78 Å². The van der Waals surface area contributed by atoms with Crippen molar-refractivity contribution >= 4 is 11.9 Å². The molecule has 2 rings (SSSR count). The summed E-state index contributed by atoms with van der Waals surface area (Å²) < 4.78 is 0. The summed E-state index contributed by atoms with van der Waals surface area (Å²) in [4.78, 5) is 11.8. The van der Waals surface area contributed by atoms with Gasteiger partial charge in [-0.1, -0.05) is 55.7 Å². The lowest BCUT2D eigenvalue weighted by Gasteiger charge is -2.28. The number of ketones is 1. The molecule has 0 N–H and O–H groups in total. The Bertz CT molecular complexity index is 554. The van der Waals surface area contributed by atoms with Gasteiger partial charge in [0, 0.05) is 6.42 Å². The number of Topliss-reactive ketones (excluding diaryl/α,β-unsaturated/α-hetero) is 1. The molecule has 0 aromatic heterocycles. The van der Waals surface area contributed by atoms with Crippen LogP contribution in [0, 0.1) is 5.92 Å². The van der Waals surface area contributed by atoms with Crippen molar-refractivity contribution in [3.63, 3.8) is 0 Å².